The molecule has 0 aliphatic heterocycles. The van der Waals surface area contributed by atoms with E-state index in [2.05, 4.69) is 34.3 Å². The van der Waals surface area contributed by atoms with Crippen molar-refractivity contribution in [3.8, 4) is 0 Å². The quantitative estimate of drug-likeness (QED) is 0.717. The van der Waals surface area contributed by atoms with Gasteiger partial charge in [0.25, 0.3) is 0 Å². The number of aromatic nitrogens is 1. The van der Waals surface area contributed by atoms with Gasteiger partial charge in [-0.05, 0) is 29.2 Å². The fourth-order valence-corrected chi connectivity index (χ4v) is 2.43. The van der Waals surface area contributed by atoms with Crippen molar-refractivity contribution in [1.29, 1.82) is 0 Å². The van der Waals surface area contributed by atoms with Gasteiger partial charge in [-0.3, -0.25) is 4.79 Å². The molecule has 110 valence electrons. The molecule has 0 spiro atoms. The molecule has 2 aromatic carbocycles. The second kappa shape index (κ2) is 6.76. The minimum absolute atomic E-state index is 0.0692. The van der Waals surface area contributed by atoms with Gasteiger partial charge in [0.15, 0.2) is 0 Å². The number of benzene rings is 2. The lowest BCUT2D eigenvalue weighted by Gasteiger charge is -2.06. The average molecular weight is 290 g/mol. The van der Waals surface area contributed by atoms with E-state index in [1.807, 2.05) is 48.5 Å². The molecule has 0 atom stereocenters. The van der Waals surface area contributed by atoms with Gasteiger partial charge in [-0.25, -0.2) is 0 Å². The first-order chi connectivity index (χ1) is 10.8. The summed E-state index contributed by atoms with van der Waals surface area (Å²) in [5, 5.41) is 4.13. The van der Waals surface area contributed by atoms with Crippen LogP contribution in [0.1, 0.15) is 5.56 Å². The largest absolute Gasteiger partial charge is 0.351 e. The summed E-state index contributed by atoms with van der Waals surface area (Å²) in [4.78, 5) is 11.8. The predicted molar refractivity (Wildman–Crippen MR) is 90.4 cm³/mol. The number of carbonyl (C=O) groups is 1. The number of nitrogens with zero attached hydrogens (tertiary/aromatic N) is 1. The minimum atomic E-state index is -0.0692. The van der Waals surface area contributed by atoms with Crippen LogP contribution >= 0.6 is 0 Å². The van der Waals surface area contributed by atoms with E-state index in [0.29, 0.717) is 6.54 Å². The number of para-hydroxylation sites is 1. The van der Waals surface area contributed by atoms with E-state index in [0.717, 1.165) is 12.1 Å². The zero-order chi connectivity index (χ0) is 15.2. The fourth-order valence-electron chi connectivity index (χ4n) is 2.43. The molecule has 3 nitrogen and oxygen atoms in total. The van der Waals surface area contributed by atoms with Crippen molar-refractivity contribution in [2.24, 2.45) is 0 Å². The van der Waals surface area contributed by atoms with E-state index < -0.39 is 0 Å². The number of hydrogen-bond acceptors (Lipinski definition) is 1. The van der Waals surface area contributed by atoms with E-state index in [9.17, 15) is 4.79 Å². The van der Waals surface area contributed by atoms with E-state index in [4.69, 9.17) is 0 Å². The summed E-state index contributed by atoms with van der Waals surface area (Å²) in [6, 6.07) is 20.1. The van der Waals surface area contributed by atoms with Crippen LogP contribution in [0.2, 0.25) is 0 Å². The second-order valence-corrected chi connectivity index (χ2v) is 5.10. The van der Waals surface area contributed by atoms with Crippen LogP contribution in [0, 0.1) is 0 Å². The summed E-state index contributed by atoms with van der Waals surface area (Å²) >= 11 is 0. The van der Waals surface area contributed by atoms with Gasteiger partial charge in [-0.1, -0.05) is 48.5 Å². The number of hydrogen-bond donors (Lipinski definition) is 1. The van der Waals surface area contributed by atoms with Crippen molar-refractivity contribution in [1.82, 2.24) is 9.88 Å². The molecule has 3 heteroatoms. The Balaban J connectivity index is 1.52. The highest BCUT2D eigenvalue weighted by atomic mass is 16.1. The first kappa shape index (κ1) is 14.1. The monoisotopic (exact) mass is 290 g/mol. The molecule has 0 saturated carbocycles. The van der Waals surface area contributed by atoms with Gasteiger partial charge >= 0.3 is 0 Å². The van der Waals surface area contributed by atoms with Crippen molar-refractivity contribution in [3.05, 3.63) is 78.5 Å². The van der Waals surface area contributed by atoms with Crippen LogP contribution in [-0.2, 0) is 11.3 Å². The topological polar surface area (TPSA) is 34.0 Å². The Labute approximate surface area is 129 Å². The Bertz CT molecular complexity index is 787. The standard InChI is InChI=1S/C19H18N2O/c22-19(11-10-16-6-2-1-3-7-16)20-13-15-21-14-12-17-8-4-5-9-18(17)21/h1-12,14H,13,15H2,(H,20,22). The summed E-state index contributed by atoms with van der Waals surface area (Å²) in [6.07, 6.45) is 5.44. The molecule has 0 bridgehead atoms. The Morgan fingerprint density at radius 2 is 1.77 bits per heavy atom. The van der Waals surface area contributed by atoms with Gasteiger partial charge in [0, 0.05) is 30.9 Å². The normalized spacial score (nSPS) is 11.1. The molecule has 0 aliphatic rings. The number of carbonyl (C=O) groups excluding carboxylic acids is 1. The van der Waals surface area contributed by atoms with Crippen LogP contribution in [-0.4, -0.2) is 17.0 Å². The fraction of sp³-hybridized carbons (Fsp3) is 0.105. The lowest BCUT2D eigenvalue weighted by atomic mass is 10.2. The van der Waals surface area contributed by atoms with Crippen LogP contribution in [0.5, 0.6) is 0 Å². The first-order valence-corrected chi connectivity index (χ1v) is 7.38. The molecule has 0 unspecified atom stereocenters. The van der Waals surface area contributed by atoms with Gasteiger partial charge in [-0.2, -0.15) is 0 Å². The van der Waals surface area contributed by atoms with E-state index in [-0.39, 0.29) is 5.91 Å². The molecule has 22 heavy (non-hydrogen) atoms. The number of amides is 1. The van der Waals surface area contributed by atoms with Gasteiger partial charge in [0.2, 0.25) is 5.91 Å². The number of fused-ring (bicyclic) bond motifs is 1. The van der Waals surface area contributed by atoms with Gasteiger partial charge < -0.3 is 9.88 Å². The molecular weight excluding hydrogens is 272 g/mol. The summed E-state index contributed by atoms with van der Waals surface area (Å²) < 4.78 is 2.15. The Morgan fingerprint density at radius 3 is 2.64 bits per heavy atom. The Hall–Kier alpha value is -2.81. The number of rotatable bonds is 5. The molecule has 1 aromatic heterocycles. The summed E-state index contributed by atoms with van der Waals surface area (Å²) in [6.45, 7) is 1.37. The highest BCUT2D eigenvalue weighted by Gasteiger charge is 2.00. The van der Waals surface area contributed by atoms with Crippen molar-refractivity contribution in [2.75, 3.05) is 6.54 Å². The molecule has 0 aliphatic carbocycles. The molecule has 1 amide bonds. The molecule has 3 rings (SSSR count). The smallest absolute Gasteiger partial charge is 0.244 e. The average Bonchev–Trinajstić information content (AvgIpc) is 2.97. The van der Waals surface area contributed by atoms with E-state index in [1.54, 1.807) is 6.08 Å². The lowest BCUT2D eigenvalue weighted by Crippen LogP contribution is -2.25. The highest BCUT2D eigenvalue weighted by Crippen LogP contribution is 2.14. The van der Waals surface area contributed by atoms with Gasteiger partial charge in [0.05, 0.1) is 0 Å². The molecular formula is C19H18N2O. The molecule has 0 radical (unpaired) electrons. The third-order valence-electron chi connectivity index (χ3n) is 3.56. The maximum Gasteiger partial charge on any atom is 0.244 e. The Kier molecular flexibility index (Phi) is 4.35. The lowest BCUT2D eigenvalue weighted by molar-refractivity contribution is -0.116. The first-order valence-electron chi connectivity index (χ1n) is 7.38. The van der Waals surface area contributed by atoms with E-state index in [1.165, 1.54) is 10.9 Å². The zero-order valence-corrected chi connectivity index (χ0v) is 12.3. The molecule has 3 aromatic rings. The zero-order valence-electron chi connectivity index (χ0n) is 12.3. The van der Waals surface area contributed by atoms with Crippen molar-refractivity contribution in [3.63, 3.8) is 0 Å². The number of nitrogens with one attached hydrogen (secondary N) is 1. The molecule has 1 N–H and O–H groups in total. The van der Waals surface area contributed by atoms with Crippen molar-refractivity contribution >= 4 is 22.9 Å². The van der Waals surface area contributed by atoms with Crippen molar-refractivity contribution < 1.29 is 4.79 Å². The molecule has 0 fully saturated rings. The van der Waals surface area contributed by atoms with E-state index >= 15 is 0 Å². The highest BCUT2D eigenvalue weighted by molar-refractivity contribution is 5.91. The summed E-state index contributed by atoms with van der Waals surface area (Å²) in [5.41, 5.74) is 2.21. The van der Waals surface area contributed by atoms with Crippen LogP contribution in [0.15, 0.2) is 72.9 Å². The maximum atomic E-state index is 11.8. The predicted octanol–water partition coefficient (Wildman–Crippen LogP) is 3.47. The summed E-state index contributed by atoms with van der Waals surface area (Å²) in [5.74, 6) is -0.0692. The van der Waals surface area contributed by atoms with Crippen molar-refractivity contribution in [2.45, 2.75) is 6.54 Å². The summed E-state index contributed by atoms with van der Waals surface area (Å²) in [7, 11) is 0. The van der Waals surface area contributed by atoms with Gasteiger partial charge in [-0.15, -0.1) is 0 Å². The third kappa shape index (κ3) is 3.44. The van der Waals surface area contributed by atoms with Crippen LogP contribution < -0.4 is 5.32 Å². The SMILES string of the molecule is O=C(C=Cc1ccccc1)NCCn1ccc2ccccc21. The van der Waals surface area contributed by atoms with Crippen LogP contribution in [0.25, 0.3) is 17.0 Å². The second-order valence-electron chi connectivity index (χ2n) is 5.10. The third-order valence-corrected chi connectivity index (χ3v) is 3.56. The Morgan fingerprint density at radius 1 is 1.00 bits per heavy atom. The minimum Gasteiger partial charge on any atom is -0.351 e. The molecule has 0 saturated heterocycles. The maximum absolute atomic E-state index is 11.8. The van der Waals surface area contributed by atoms with Crippen LogP contribution in [0.4, 0.5) is 0 Å². The van der Waals surface area contributed by atoms with Gasteiger partial charge in [0.1, 0.15) is 0 Å². The molecule has 1 heterocycles. The van der Waals surface area contributed by atoms with Crippen LogP contribution in [0.3, 0.4) is 0 Å².